The van der Waals surface area contributed by atoms with E-state index in [2.05, 4.69) is 38.4 Å². The molecule has 0 atom stereocenters. The molecule has 0 radical (unpaired) electrons. The van der Waals surface area contributed by atoms with Gasteiger partial charge in [0.05, 0.1) is 0 Å². The number of halogens is 1. The second-order valence-corrected chi connectivity index (χ2v) is 6.03. The lowest BCUT2D eigenvalue weighted by Crippen LogP contribution is -2.13. The van der Waals surface area contributed by atoms with E-state index >= 15 is 0 Å². The highest BCUT2D eigenvalue weighted by atomic mass is 79.9. The van der Waals surface area contributed by atoms with Crippen molar-refractivity contribution in [2.24, 2.45) is 0 Å². The molecule has 0 fully saturated rings. The summed E-state index contributed by atoms with van der Waals surface area (Å²) in [6, 6.07) is 5.85. The molecule has 1 N–H and O–H groups in total. The van der Waals surface area contributed by atoms with Crippen molar-refractivity contribution in [1.82, 2.24) is 15.5 Å². The van der Waals surface area contributed by atoms with Crippen LogP contribution in [0.3, 0.4) is 0 Å². The van der Waals surface area contributed by atoms with Gasteiger partial charge in [0.1, 0.15) is 10.8 Å². The third-order valence-corrected chi connectivity index (χ3v) is 4.18. The zero-order chi connectivity index (χ0) is 13.7. The van der Waals surface area contributed by atoms with E-state index in [1.165, 1.54) is 11.3 Å². The van der Waals surface area contributed by atoms with E-state index in [4.69, 9.17) is 4.74 Å². The SMILES string of the molecule is CCCNCc1nnc(Oc2ccc(Br)c(C)c2)s1. The lowest BCUT2D eigenvalue weighted by molar-refractivity contribution is 0.472. The van der Waals surface area contributed by atoms with Crippen molar-refractivity contribution in [2.45, 2.75) is 26.8 Å². The Labute approximate surface area is 125 Å². The van der Waals surface area contributed by atoms with Crippen molar-refractivity contribution in [3.05, 3.63) is 33.2 Å². The standard InChI is InChI=1S/C13H16BrN3OS/c1-3-6-15-8-12-16-17-13(19-12)18-10-4-5-11(14)9(2)7-10/h4-5,7,15H,3,6,8H2,1-2H3. The highest BCUT2D eigenvalue weighted by Crippen LogP contribution is 2.28. The lowest BCUT2D eigenvalue weighted by Gasteiger charge is -2.03. The fourth-order valence-electron chi connectivity index (χ4n) is 1.50. The molecule has 0 unspecified atom stereocenters. The Bertz CT molecular complexity index is 544. The number of benzene rings is 1. The summed E-state index contributed by atoms with van der Waals surface area (Å²) >= 11 is 4.93. The minimum atomic E-state index is 0.579. The van der Waals surface area contributed by atoms with Gasteiger partial charge in [0, 0.05) is 11.0 Å². The number of ether oxygens (including phenoxy) is 1. The summed E-state index contributed by atoms with van der Waals surface area (Å²) in [5.74, 6) is 0.782. The summed E-state index contributed by atoms with van der Waals surface area (Å²) < 4.78 is 6.77. The quantitative estimate of drug-likeness (QED) is 0.809. The van der Waals surface area contributed by atoms with E-state index in [9.17, 15) is 0 Å². The van der Waals surface area contributed by atoms with E-state index in [1.54, 1.807) is 0 Å². The molecule has 0 aliphatic rings. The van der Waals surface area contributed by atoms with E-state index in [-0.39, 0.29) is 0 Å². The Morgan fingerprint density at radius 3 is 2.95 bits per heavy atom. The van der Waals surface area contributed by atoms with Crippen LogP contribution in [0, 0.1) is 6.92 Å². The molecule has 2 aromatic rings. The zero-order valence-electron chi connectivity index (χ0n) is 10.9. The number of hydrogen-bond acceptors (Lipinski definition) is 5. The molecule has 4 nitrogen and oxygen atoms in total. The van der Waals surface area contributed by atoms with E-state index in [1.807, 2.05) is 25.1 Å². The van der Waals surface area contributed by atoms with E-state index in [0.717, 1.165) is 40.3 Å². The summed E-state index contributed by atoms with van der Waals surface area (Å²) in [5, 5.41) is 12.9. The second kappa shape index (κ2) is 6.98. The smallest absolute Gasteiger partial charge is 0.299 e. The topological polar surface area (TPSA) is 47.0 Å². The van der Waals surface area contributed by atoms with Gasteiger partial charge in [-0.3, -0.25) is 0 Å². The molecule has 0 saturated carbocycles. The minimum absolute atomic E-state index is 0.579. The molecule has 6 heteroatoms. The van der Waals surface area contributed by atoms with Crippen LogP contribution in [-0.2, 0) is 6.54 Å². The molecule has 0 spiro atoms. The maximum Gasteiger partial charge on any atom is 0.299 e. The van der Waals surface area contributed by atoms with Crippen molar-refractivity contribution in [3.63, 3.8) is 0 Å². The monoisotopic (exact) mass is 341 g/mol. The average Bonchev–Trinajstić information content (AvgIpc) is 2.82. The first kappa shape index (κ1) is 14.4. The second-order valence-electron chi connectivity index (χ2n) is 4.15. The molecular weight excluding hydrogens is 326 g/mol. The lowest BCUT2D eigenvalue weighted by atomic mass is 10.2. The van der Waals surface area contributed by atoms with Crippen LogP contribution in [0.2, 0.25) is 0 Å². The first-order valence-electron chi connectivity index (χ1n) is 6.16. The predicted octanol–water partition coefficient (Wildman–Crippen LogP) is 3.90. The Morgan fingerprint density at radius 2 is 2.21 bits per heavy atom. The number of aromatic nitrogens is 2. The summed E-state index contributed by atoms with van der Waals surface area (Å²) in [5.41, 5.74) is 1.13. The normalized spacial score (nSPS) is 10.7. The molecule has 1 heterocycles. The van der Waals surface area contributed by atoms with Crippen molar-refractivity contribution in [2.75, 3.05) is 6.54 Å². The van der Waals surface area contributed by atoms with Gasteiger partial charge in [-0.05, 0) is 43.7 Å². The first-order chi connectivity index (χ1) is 9.19. The van der Waals surface area contributed by atoms with Gasteiger partial charge in [-0.15, -0.1) is 5.10 Å². The van der Waals surface area contributed by atoms with Crippen LogP contribution in [-0.4, -0.2) is 16.7 Å². The van der Waals surface area contributed by atoms with Crippen LogP contribution in [0.15, 0.2) is 22.7 Å². The average molecular weight is 342 g/mol. The fourth-order valence-corrected chi connectivity index (χ4v) is 2.43. The van der Waals surface area contributed by atoms with Crippen LogP contribution in [0.25, 0.3) is 0 Å². The fraction of sp³-hybridized carbons (Fsp3) is 0.385. The summed E-state index contributed by atoms with van der Waals surface area (Å²) in [4.78, 5) is 0. The van der Waals surface area contributed by atoms with Gasteiger partial charge in [0.25, 0.3) is 5.19 Å². The number of hydrogen-bond donors (Lipinski definition) is 1. The van der Waals surface area contributed by atoms with Crippen molar-refractivity contribution in [3.8, 4) is 10.9 Å². The Balaban J connectivity index is 1.97. The Morgan fingerprint density at radius 1 is 1.37 bits per heavy atom. The molecule has 102 valence electrons. The molecule has 2 rings (SSSR count). The number of nitrogens with zero attached hydrogens (tertiary/aromatic N) is 2. The largest absolute Gasteiger partial charge is 0.430 e. The molecular formula is C13H16BrN3OS. The molecule has 0 aliphatic heterocycles. The first-order valence-corrected chi connectivity index (χ1v) is 7.77. The minimum Gasteiger partial charge on any atom is -0.430 e. The van der Waals surface area contributed by atoms with Gasteiger partial charge >= 0.3 is 0 Å². The van der Waals surface area contributed by atoms with Crippen LogP contribution < -0.4 is 10.1 Å². The van der Waals surface area contributed by atoms with Gasteiger partial charge < -0.3 is 10.1 Å². The highest BCUT2D eigenvalue weighted by Gasteiger charge is 2.06. The third-order valence-electron chi connectivity index (χ3n) is 2.49. The number of nitrogens with one attached hydrogen (secondary N) is 1. The van der Waals surface area contributed by atoms with Crippen LogP contribution in [0.4, 0.5) is 0 Å². The van der Waals surface area contributed by atoms with E-state index < -0.39 is 0 Å². The molecule has 0 bridgehead atoms. The molecule has 1 aromatic heterocycles. The molecule has 1 aromatic carbocycles. The van der Waals surface area contributed by atoms with Gasteiger partial charge in [-0.25, -0.2) is 0 Å². The van der Waals surface area contributed by atoms with Gasteiger partial charge in [-0.1, -0.05) is 39.3 Å². The van der Waals surface area contributed by atoms with Gasteiger partial charge in [0.15, 0.2) is 0 Å². The molecule has 0 aliphatic carbocycles. The molecule has 19 heavy (non-hydrogen) atoms. The maximum atomic E-state index is 5.70. The third kappa shape index (κ3) is 4.26. The van der Waals surface area contributed by atoms with Gasteiger partial charge in [0.2, 0.25) is 0 Å². The van der Waals surface area contributed by atoms with Crippen LogP contribution in [0.5, 0.6) is 10.9 Å². The van der Waals surface area contributed by atoms with Crippen LogP contribution >= 0.6 is 27.3 Å². The van der Waals surface area contributed by atoms with Crippen LogP contribution in [0.1, 0.15) is 23.9 Å². The van der Waals surface area contributed by atoms with Crippen molar-refractivity contribution < 1.29 is 4.74 Å². The van der Waals surface area contributed by atoms with Crippen molar-refractivity contribution >= 4 is 27.3 Å². The number of aryl methyl sites for hydroxylation is 1. The summed E-state index contributed by atoms with van der Waals surface area (Å²) in [6.07, 6.45) is 1.11. The molecule has 0 amide bonds. The zero-order valence-corrected chi connectivity index (χ0v) is 13.3. The van der Waals surface area contributed by atoms with E-state index in [0.29, 0.717) is 5.19 Å². The number of rotatable bonds is 6. The summed E-state index contributed by atoms with van der Waals surface area (Å²) in [6.45, 7) is 5.89. The highest BCUT2D eigenvalue weighted by molar-refractivity contribution is 9.10. The maximum absolute atomic E-state index is 5.70. The summed E-state index contributed by atoms with van der Waals surface area (Å²) in [7, 11) is 0. The molecule has 0 saturated heterocycles. The Kier molecular flexibility index (Phi) is 5.30. The predicted molar refractivity (Wildman–Crippen MR) is 80.9 cm³/mol. The van der Waals surface area contributed by atoms with Gasteiger partial charge in [-0.2, -0.15) is 0 Å². The Hall–Kier alpha value is -0.980. The van der Waals surface area contributed by atoms with Crippen molar-refractivity contribution in [1.29, 1.82) is 0 Å².